The molecule has 0 radical (unpaired) electrons. The van der Waals surface area contributed by atoms with E-state index in [1.807, 2.05) is 0 Å². The lowest BCUT2D eigenvalue weighted by atomic mass is 10.3. The van der Waals surface area contributed by atoms with E-state index in [1.165, 1.54) is 0 Å². The molecule has 9 heteroatoms. The van der Waals surface area contributed by atoms with E-state index < -0.39 is 34.8 Å². The SMILES string of the molecule is CCC(CO)NS(=O)(=O)c1cccc(OC(F)(F)F)c1. The van der Waals surface area contributed by atoms with Gasteiger partial charge in [-0.3, -0.25) is 0 Å². The number of hydrogen-bond acceptors (Lipinski definition) is 4. The molecule has 1 atom stereocenters. The number of nitrogens with one attached hydrogen (secondary N) is 1. The van der Waals surface area contributed by atoms with E-state index >= 15 is 0 Å². The second kappa shape index (κ2) is 6.42. The van der Waals surface area contributed by atoms with Crippen LogP contribution in [-0.4, -0.2) is 32.5 Å². The van der Waals surface area contributed by atoms with E-state index in [-0.39, 0.29) is 4.90 Å². The third kappa shape index (κ3) is 4.99. The van der Waals surface area contributed by atoms with Crippen molar-refractivity contribution < 1.29 is 31.4 Å². The summed E-state index contributed by atoms with van der Waals surface area (Å²) in [5.74, 6) is -0.627. The maximum absolute atomic E-state index is 12.1. The summed E-state index contributed by atoms with van der Waals surface area (Å²) in [4.78, 5) is -0.369. The smallest absolute Gasteiger partial charge is 0.406 e. The summed E-state index contributed by atoms with van der Waals surface area (Å²) in [6.07, 6.45) is -4.55. The van der Waals surface area contributed by atoms with Crippen LogP contribution < -0.4 is 9.46 Å². The Kier molecular flexibility index (Phi) is 5.37. The van der Waals surface area contributed by atoms with Crippen LogP contribution in [0.2, 0.25) is 0 Å². The summed E-state index contributed by atoms with van der Waals surface area (Å²) in [6.45, 7) is 1.25. The minimum atomic E-state index is -4.90. The topological polar surface area (TPSA) is 75.6 Å². The lowest BCUT2D eigenvalue weighted by Gasteiger charge is -2.15. The predicted octanol–water partition coefficient (Wildman–Crippen LogP) is 1.63. The lowest BCUT2D eigenvalue weighted by Crippen LogP contribution is -2.36. The number of ether oxygens (including phenoxy) is 1. The molecule has 0 bridgehead atoms. The van der Waals surface area contributed by atoms with Crippen molar-refractivity contribution in [3.63, 3.8) is 0 Å². The zero-order valence-corrected chi connectivity index (χ0v) is 11.3. The van der Waals surface area contributed by atoms with Gasteiger partial charge in [0.15, 0.2) is 0 Å². The molecule has 0 aromatic heterocycles. The van der Waals surface area contributed by atoms with Crippen molar-refractivity contribution >= 4 is 10.0 Å². The van der Waals surface area contributed by atoms with Gasteiger partial charge >= 0.3 is 6.36 Å². The third-order valence-corrected chi connectivity index (χ3v) is 3.90. The number of hydrogen-bond donors (Lipinski definition) is 2. The van der Waals surface area contributed by atoms with Crippen molar-refractivity contribution in [1.82, 2.24) is 4.72 Å². The van der Waals surface area contributed by atoms with Crippen molar-refractivity contribution in [2.75, 3.05) is 6.61 Å². The second-order valence-electron chi connectivity index (χ2n) is 3.93. The molecule has 1 rings (SSSR count). The molecular formula is C11H14F3NO4S. The molecule has 1 aromatic carbocycles. The first kappa shape index (κ1) is 16.7. The van der Waals surface area contributed by atoms with Gasteiger partial charge in [0.05, 0.1) is 11.5 Å². The quantitative estimate of drug-likeness (QED) is 0.837. The van der Waals surface area contributed by atoms with E-state index in [1.54, 1.807) is 6.92 Å². The molecule has 5 nitrogen and oxygen atoms in total. The number of sulfonamides is 1. The number of benzene rings is 1. The van der Waals surface area contributed by atoms with Crippen molar-refractivity contribution in [2.24, 2.45) is 0 Å². The number of halogens is 3. The molecule has 0 aliphatic heterocycles. The minimum absolute atomic E-state index is 0.342. The largest absolute Gasteiger partial charge is 0.573 e. The highest BCUT2D eigenvalue weighted by Crippen LogP contribution is 2.24. The molecule has 2 N–H and O–H groups in total. The van der Waals surface area contributed by atoms with Gasteiger partial charge in [-0.05, 0) is 18.6 Å². The second-order valence-corrected chi connectivity index (χ2v) is 5.65. The first-order valence-electron chi connectivity index (χ1n) is 5.67. The number of rotatable bonds is 6. The van der Waals surface area contributed by atoms with Gasteiger partial charge in [0.1, 0.15) is 5.75 Å². The van der Waals surface area contributed by atoms with Crippen LogP contribution in [0.3, 0.4) is 0 Å². The third-order valence-electron chi connectivity index (χ3n) is 2.38. The molecule has 0 heterocycles. The molecule has 0 aliphatic rings. The maximum Gasteiger partial charge on any atom is 0.573 e. The summed E-state index contributed by atoms with van der Waals surface area (Å²) in [5.41, 5.74) is 0. The molecule has 0 saturated carbocycles. The van der Waals surface area contributed by atoms with E-state index in [2.05, 4.69) is 9.46 Å². The van der Waals surface area contributed by atoms with Gasteiger partial charge in [0.25, 0.3) is 0 Å². The Morgan fingerprint density at radius 1 is 1.40 bits per heavy atom. The summed E-state index contributed by atoms with van der Waals surface area (Å²) >= 11 is 0. The standard InChI is InChI=1S/C11H14F3NO4S/c1-2-8(7-16)15-20(17,18)10-5-3-4-9(6-10)19-11(12,13)14/h3-6,8,15-16H,2,7H2,1H3. The fourth-order valence-corrected chi connectivity index (χ4v) is 2.72. The Morgan fingerprint density at radius 3 is 2.55 bits per heavy atom. The Balaban J connectivity index is 2.98. The van der Waals surface area contributed by atoms with Crippen LogP contribution in [0, 0.1) is 0 Å². The molecule has 114 valence electrons. The van der Waals surface area contributed by atoms with Gasteiger partial charge in [-0.2, -0.15) is 0 Å². The first-order chi connectivity index (χ1) is 9.18. The fraction of sp³-hybridized carbons (Fsp3) is 0.455. The highest BCUT2D eigenvalue weighted by Gasteiger charge is 2.31. The molecule has 0 fully saturated rings. The van der Waals surface area contributed by atoms with Crippen molar-refractivity contribution in [1.29, 1.82) is 0 Å². The van der Waals surface area contributed by atoms with Gasteiger partial charge < -0.3 is 9.84 Å². The maximum atomic E-state index is 12.1. The summed E-state index contributed by atoms with van der Waals surface area (Å²) in [6, 6.07) is 3.33. The molecule has 1 unspecified atom stereocenters. The first-order valence-corrected chi connectivity index (χ1v) is 7.15. The predicted molar refractivity (Wildman–Crippen MR) is 64.6 cm³/mol. The van der Waals surface area contributed by atoms with Crippen LogP contribution >= 0.6 is 0 Å². The van der Waals surface area contributed by atoms with Crippen LogP contribution in [-0.2, 0) is 10.0 Å². The van der Waals surface area contributed by atoms with E-state index in [0.717, 1.165) is 24.3 Å². The molecule has 1 aromatic rings. The van der Waals surface area contributed by atoms with Crippen LogP contribution in [0.1, 0.15) is 13.3 Å². The summed E-state index contributed by atoms with van der Waals surface area (Å²) < 4.78 is 65.9. The average molecular weight is 313 g/mol. The van der Waals surface area contributed by atoms with Crippen LogP contribution in [0.5, 0.6) is 5.75 Å². The molecule has 20 heavy (non-hydrogen) atoms. The van der Waals surface area contributed by atoms with E-state index in [4.69, 9.17) is 5.11 Å². The number of aliphatic hydroxyl groups excluding tert-OH is 1. The summed E-state index contributed by atoms with van der Waals surface area (Å²) in [5, 5.41) is 8.94. The minimum Gasteiger partial charge on any atom is -0.406 e. The van der Waals surface area contributed by atoms with Gasteiger partial charge in [-0.1, -0.05) is 13.0 Å². The fourth-order valence-electron chi connectivity index (χ4n) is 1.38. The van der Waals surface area contributed by atoms with Crippen molar-refractivity contribution in [3.8, 4) is 5.75 Å². The van der Waals surface area contributed by atoms with Gasteiger partial charge in [-0.15, -0.1) is 13.2 Å². The number of alkyl halides is 3. The van der Waals surface area contributed by atoms with Gasteiger partial charge in [-0.25, -0.2) is 13.1 Å². The highest BCUT2D eigenvalue weighted by atomic mass is 32.2. The van der Waals surface area contributed by atoms with E-state index in [9.17, 15) is 21.6 Å². The Bertz CT molecular complexity index is 541. The van der Waals surface area contributed by atoms with E-state index in [0.29, 0.717) is 6.42 Å². The van der Waals surface area contributed by atoms with Crippen LogP contribution in [0.15, 0.2) is 29.2 Å². The molecule has 0 saturated heterocycles. The number of aliphatic hydroxyl groups is 1. The average Bonchev–Trinajstić information content (AvgIpc) is 2.34. The summed E-state index contributed by atoms with van der Waals surface area (Å²) in [7, 11) is -4.02. The Labute approximate surface area is 114 Å². The molecule has 0 amide bonds. The highest BCUT2D eigenvalue weighted by molar-refractivity contribution is 7.89. The lowest BCUT2D eigenvalue weighted by molar-refractivity contribution is -0.274. The Morgan fingerprint density at radius 2 is 2.05 bits per heavy atom. The monoisotopic (exact) mass is 313 g/mol. The zero-order chi connectivity index (χ0) is 15.4. The zero-order valence-electron chi connectivity index (χ0n) is 10.5. The van der Waals surface area contributed by atoms with Crippen LogP contribution in [0.25, 0.3) is 0 Å². The van der Waals surface area contributed by atoms with Crippen molar-refractivity contribution in [3.05, 3.63) is 24.3 Å². The normalized spacial score (nSPS) is 14.1. The van der Waals surface area contributed by atoms with Crippen molar-refractivity contribution in [2.45, 2.75) is 30.6 Å². The molecule has 0 aliphatic carbocycles. The molecule has 0 spiro atoms. The molecular weight excluding hydrogens is 299 g/mol. The van der Waals surface area contributed by atoms with Crippen LogP contribution in [0.4, 0.5) is 13.2 Å². The van der Waals surface area contributed by atoms with Gasteiger partial charge in [0, 0.05) is 12.1 Å². The van der Waals surface area contributed by atoms with Gasteiger partial charge in [0.2, 0.25) is 10.0 Å². The Hall–Kier alpha value is -1.32.